The van der Waals surface area contributed by atoms with Crippen LogP contribution in [0.15, 0.2) is 41.0 Å². The Kier molecular flexibility index (Phi) is 4.42. The lowest BCUT2D eigenvalue weighted by Gasteiger charge is -2.17. The van der Waals surface area contributed by atoms with Crippen molar-refractivity contribution in [1.82, 2.24) is 10.2 Å². The lowest BCUT2D eigenvalue weighted by atomic mass is 10.1. The van der Waals surface area contributed by atoms with Gasteiger partial charge in [0.1, 0.15) is 5.76 Å². The average Bonchev–Trinajstić information content (AvgIpc) is 3.17. The Balaban J connectivity index is 1.56. The number of aryl methyl sites for hydroxylation is 1. The summed E-state index contributed by atoms with van der Waals surface area (Å²) in [7, 11) is 2.16. The molecule has 112 valence electrons. The van der Waals surface area contributed by atoms with Crippen molar-refractivity contribution in [2.75, 3.05) is 7.05 Å². The Bertz CT molecular complexity index is 586. The number of nitrogens with zero attached hydrogens (tertiary/aromatic N) is 1. The first-order chi connectivity index (χ1) is 10.2. The van der Waals surface area contributed by atoms with E-state index in [0.29, 0.717) is 6.04 Å². The first-order valence-corrected chi connectivity index (χ1v) is 7.73. The lowest BCUT2D eigenvalue weighted by Crippen LogP contribution is -2.20. The van der Waals surface area contributed by atoms with Crippen LogP contribution in [0.5, 0.6) is 0 Å². The van der Waals surface area contributed by atoms with Crippen LogP contribution in [0, 0.1) is 6.92 Å². The van der Waals surface area contributed by atoms with Crippen molar-refractivity contribution >= 4 is 0 Å². The Morgan fingerprint density at radius 3 is 2.86 bits per heavy atom. The third-order valence-corrected chi connectivity index (χ3v) is 3.94. The van der Waals surface area contributed by atoms with Crippen molar-refractivity contribution in [3.05, 3.63) is 59.0 Å². The second-order valence-corrected chi connectivity index (χ2v) is 6.19. The van der Waals surface area contributed by atoms with Crippen LogP contribution in [0.1, 0.15) is 35.3 Å². The molecule has 1 heterocycles. The fraction of sp³-hybridized carbons (Fsp3) is 0.444. The van der Waals surface area contributed by atoms with E-state index in [1.165, 1.54) is 29.5 Å². The van der Waals surface area contributed by atoms with Crippen LogP contribution in [0.2, 0.25) is 0 Å². The Labute approximate surface area is 127 Å². The minimum absolute atomic E-state index is 0.716. The Hall–Kier alpha value is -1.58. The molecule has 1 saturated carbocycles. The van der Waals surface area contributed by atoms with Crippen molar-refractivity contribution in [2.24, 2.45) is 0 Å². The number of hydrogen-bond donors (Lipinski definition) is 1. The third kappa shape index (κ3) is 4.19. The largest absolute Gasteiger partial charge is 0.468 e. The molecule has 1 aromatic carbocycles. The zero-order valence-corrected chi connectivity index (χ0v) is 12.9. The van der Waals surface area contributed by atoms with Gasteiger partial charge in [0.2, 0.25) is 0 Å². The summed E-state index contributed by atoms with van der Waals surface area (Å²) in [6, 6.07) is 11.5. The average molecular weight is 284 g/mol. The van der Waals surface area contributed by atoms with E-state index in [0.717, 1.165) is 25.4 Å². The second-order valence-electron chi connectivity index (χ2n) is 6.19. The normalized spacial score (nSPS) is 14.8. The van der Waals surface area contributed by atoms with Crippen LogP contribution >= 0.6 is 0 Å². The molecular weight excluding hydrogens is 260 g/mol. The maximum absolute atomic E-state index is 5.62. The van der Waals surface area contributed by atoms with Gasteiger partial charge in [-0.1, -0.05) is 29.8 Å². The van der Waals surface area contributed by atoms with E-state index in [9.17, 15) is 0 Å². The fourth-order valence-electron chi connectivity index (χ4n) is 2.66. The van der Waals surface area contributed by atoms with Crippen LogP contribution in [0.4, 0.5) is 0 Å². The standard InChI is InChI=1S/C18H24N2O/c1-14-4-3-5-15(10-14)12-20(2)13-16-8-9-21-18(16)11-19-17-6-7-17/h3-5,8-10,17,19H,6-7,11-13H2,1-2H3. The van der Waals surface area contributed by atoms with E-state index in [2.05, 4.69) is 54.5 Å². The quantitative estimate of drug-likeness (QED) is 0.844. The summed E-state index contributed by atoms with van der Waals surface area (Å²) in [5, 5.41) is 3.52. The molecule has 1 N–H and O–H groups in total. The predicted octanol–water partition coefficient (Wildman–Crippen LogP) is 3.47. The highest BCUT2D eigenvalue weighted by Crippen LogP contribution is 2.21. The molecule has 3 rings (SSSR count). The van der Waals surface area contributed by atoms with E-state index in [4.69, 9.17) is 4.42 Å². The summed E-state index contributed by atoms with van der Waals surface area (Å²) in [5.74, 6) is 1.08. The van der Waals surface area contributed by atoms with E-state index >= 15 is 0 Å². The summed E-state index contributed by atoms with van der Waals surface area (Å²) in [6.45, 7) is 4.88. The van der Waals surface area contributed by atoms with Gasteiger partial charge in [0, 0.05) is 24.7 Å². The van der Waals surface area contributed by atoms with Gasteiger partial charge in [0.15, 0.2) is 0 Å². The molecular formula is C18H24N2O. The first kappa shape index (κ1) is 14.4. The summed E-state index contributed by atoms with van der Waals surface area (Å²) in [6.07, 6.45) is 4.42. The molecule has 1 aliphatic carbocycles. The van der Waals surface area contributed by atoms with Crippen molar-refractivity contribution < 1.29 is 4.42 Å². The van der Waals surface area contributed by atoms with Crippen LogP contribution in [-0.2, 0) is 19.6 Å². The lowest BCUT2D eigenvalue weighted by molar-refractivity contribution is 0.314. The van der Waals surface area contributed by atoms with Gasteiger partial charge in [-0.2, -0.15) is 0 Å². The smallest absolute Gasteiger partial charge is 0.122 e. The van der Waals surface area contributed by atoms with E-state index in [-0.39, 0.29) is 0 Å². The van der Waals surface area contributed by atoms with Crippen LogP contribution in [-0.4, -0.2) is 18.0 Å². The molecule has 3 heteroatoms. The van der Waals surface area contributed by atoms with Gasteiger partial charge >= 0.3 is 0 Å². The zero-order valence-electron chi connectivity index (χ0n) is 12.9. The molecule has 0 saturated heterocycles. The van der Waals surface area contributed by atoms with Gasteiger partial charge < -0.3 is 9.73 Å². The van der Waals surface area contributed by atoms with Crippen molar-refractivity contribution in [3.8, 4) is 0 Å². The Morgan fingerprint density at radius 2 is 2.10 bits per heavy atom. The predicted molar refractivity (Wildman–Crippen MR) is 84.9 cm³/mol. The fourth-order valence-corrected chi connectivity index (χ4v) is 2.66. The molecule has 0 atom stereocenters. The van der Waals surface area contributed by atoms with Gasteiger partial charge in [-0.15, -0.1) is 0 Å². The van der Waals surface area contributed by atoms with E-state index in [1.54, 1.807) is 6.26 Å². The van der Waals surface area contributed by atoms with Gasteiger partial charge in [0.05, 0.1) is 12.8 Å². The number of hydrogen-bond acceptors (Lipinski definition) is 3. The summed E-state index contributed by atoms with van der Waals surface area (Å²) < 4.78 is 5.62. The topological polar surface area (TPSA) is 28.4 Å². The Morgan fingerprint density at radius 1 is 1.24 bits per heavy atom. The third-order valence-electron chi connectivity index (χ3n) is 3.94. The highest BCUT2D eigenvalue weighted by molar-refractivity contribution is 5.22. The maximum Gasteiger partial charge on any atom is 0.122 e. The maximum atomic E-state index is 5.62. The number of nitrogens with one attached hydrogen (secondary N) is 1. The first-order valence-electron chi connectivity index (χ1n) is 7.73. The molecule has 0 amide bonds. The molecule has 1 aromatic heterocycles. The molecule has 21 heavy (non-hydrogen) atoms. The second kappa shape index (κ2) is 6.46. The molecule has 0 aliphatic heterocycles. The number of benzene rings is 1. The molecule has 0 unspecified atom stereocenters. The minimum atomic E-state index is 0.716. The summed E-state index contributed by atoms with van der Waals surface area (Å²) in [4.78, 5) is 2.33. The monoisotopic (exact) mass is 284 g/mol. The molecule has 1 aliphatic rings. The number of furan rings is 1. The summed E-state index contributed by atoms with van der Waals surface area (Å²) >= 11 is 0. The van der Waals surface area contributed by atoms with Crippen molar-refractivity contribution in [1.29, 1.82) is 0 Å². The van der Waals surface area contributed by atoms with Crippen molar-refractivity contribution in [2.45, 2.75) is 45.4 Å². The van der Waals surface area contributed by atoms with Crippen LogP contribution < -0.4 is 5.32 Å². The summed E-state index contributed by atoms with van der Waals surface area (Å²) in [5.41, 5.74) is 3.97. The molecule has 3 nitrogen and oxygen atoms in total. The van der Waals surface area contributed by atoms with Crippen LogP contribution in [0.25, 0.3) is 0 Å². The zero-order chi connectivity index (χ0) is 14.7. The number of rotatable bonds is 7. The van der Waals surface area contributed by atoms with Crippen molar-refractivity contribution in [3.63, 3.8) is 0 Å². The van der Waals surface area contributed by atoms with E-state index < -0.39 is 0 Å². The molecule has 0 spiro atoms. The highest BCUT2D eigenvalue weighted by Gasteiger charge is 2.21. The minimum Gasteiger partial charge on any atom is -0.468 e. The van der Waals surface area contributed by atoms with Crippen LogP contribution in [0.3, 0.4) is 0 Å². The molecule has 0 radical (unpaired) electrons. The van der Waals surface area contributed by atoms with Gasteiger partial charge in [-0.05, 0) is 38.4 Å². The van der Waals surface area contributed by atoms with Gasteiger partial charge in [-0.3, -0.25) is 4.90 Å². The van der Waals surface area contributed by atoms with Gasteiger partial charge in [0.25, 0.3) is 0 Å². The highest BCUT2D eigenvalue weighted by atomic mass is 16.3. The molecule has 0 bridgehead atoms. The molecule has 2 aromatic rings. The molecule has 1 fully saturated rings. The SMILES string of the molecule is Cc1cccc(CN(C)Cc2ccoc2CNC2CC2)c1. The van der Waals surface area contributed by atoms with Gasteiger partial charge in [-0.25, -0.2) is 0 Å². The van der Waals surface area contributed by atoms with E-state index in [1.807, 2.05) is 0 Å².